The molecule has 0 atom stereocenters. The van der Waals surface area contributed by atoms with Gasteiger partial charge in [-0.05, 0) is 36.6 Å². The van der Waals surface area contributed by atoms with E-state index in [1.165, 1.54) is 25.6 Å². The van der Waals surface area contributed by atoms with Crippen molar-refractivity contribution in [3.05, 3.63) is 59.1 Å². The predicted molar refractivity (Wildman–Crippen MR) is 120 cm³/mol. The van der Waals surface area contributed by atoms with Crippen molar-refractivity contribution in [1.82, 2.24) is 4.98 Å². The van der Waals surface area contributed by atoms with Crippen LogP contribution in [0.25, 0.3) is 0 Å². The smallest absolute Gasteiger partial charge is 0.257 e. The van der Waals surface area contributed by atoms with Crippen molar-refractivity contribution >= 4 is 45.7 Å². The van der Waals surface area contributed by atoms with Gasteiger partial charge in [0.2, 0.25) is 5.91 Å². The molecule has 3 rings (SSSR count). The number of amides is 2. The Kier molecular flexibility index (Phi) is 7.31. The van der Waals surface area contributed by atoms with Crippen LogP contribution in [0.2, 0.25) is 0 Å². The zero-order chi connectivity index (χ0) is 21.5. The van der Waals surface area contributed by atoms with Crippen LogP contribution in [-0.4, -0.2) is 37.3 Å². The van der Waals surface area contributed by atoms with E-state index in [0.717, 1.165) is 10.6 Å². The number of nitrogens with zero attached hydrogens (tertiary/aromatic N) is 1. The van der Waals surface area contributed by atoms with Crippen LogP contribution in [0.4, 0.5) is 10.8 Å². The van der Waals surface area contributed by atoms with E-state index < -0.39 is 0 Å². The van der Waals surface area contributed by atoms with Gasteiger partial charge >= 0.3 is 0 Å². The van der Waals surface area contributed by atoms with Crippen LogP contribution in [0.1, 0.15) is 16.1 Å². The minimum absolute atomic E-state index is 0.117. The number of aromatic nitrogens is 1. The number of carbonyl (C=O) groups excluding carboxylic acids is 2. The monoisotopic (exact) mass is 443 g/mol. The summed E-state index contributed by atoms with van der Waals surface area (Å²) in [5.74, 6) is 0.515. The molecule has 0 unspecified atom stereocenters. The number of ether oxygens (including phenoxy) is 2. The van der Waals surface area contributed by atoms with Crippen LogP contribution >= 0.6 is 23.1 Å². The Morgan fingerprint density at radius 3 is 2.57 bits per heavy atom. The molecular weight excluding hydrogens is 422 g/mol. The molecule has 0 saturated heterocycles. The molecule has 2 N–H and O–H groups in total. The highest BCUT2D eigenvalue weighted by Crippen LogP contribution is 2.28. The molecule has 0 bridgehead atoms. The van der Waals surface area contributed by atoms with E-state index in [4.69, 9.17) is 9.47 Å². The first-order valence-electron chi connectivity index (χ1n) is 8.94. The Hall–Kier alpha value is -3.04. The molecule has 1 aromatic heterocycles. The minimum Gasteiger partial charge on any atom is -0.493 e. The van der Waals surface area contributed by atoms with Gasteiger partial charge in [0.15, 0.2) is 16.6 Å². The fourth-order valence-corrected chi connectivity index (χ4v) is 3.96. The van der Waals surface area contributed by atoms with Crippen molar-refractivity contribution in [1.29, 1.82) is 0 Å². The minimum atomic E-state index is -0.324. The first-order valence-corrected chi connectivity index (χ1v) is 11.0. The number of nitrogens with one attached hydrogen (secondary N) is 2. The summed E-state index contributed by atoms with van der Waals surface area (Å²) in [5, 5.41) is 7.82. The summed E-state index contributed by atoms with van der Waals surface area (Å²) in [5.41, 5.74) is 1.77. The van der Waals surface area contributed by atoms with Crippen LogP contribution in [-0.2, 0) is 11.2 Å². The summed E-state index contributed by atoms with van der Waals surface area (Å²) in [6.45, 7) is 0. The molecule has 7 nitrogen and oxygen atoms in total. The van der Waals surface area contributed by atoms with Gasteiger partial charge in [-0.15, -0.1) is 23.1 Å². The quantitative estimate of drug-likeness (QED) is 0.504. The predicted octanol–water partition coefficient (Wildman–Crippen LogP) is 4.32. The molecule has 0 aliphatic heterocycles. The van der Waals surface area contributed by atoms with E-state index in [2.05, 4.69) is 15.6 Å². The Balaban J connectivity index is 1.62. The summed E-state index contributed by atoms with van der Waals surface area (Å²) in [6, 6.07) is 12.5. The van der Waals surface area contributed by atoms with Crippen LogP contribution in [0.3, 0.4) is 0 Å². The molecule has 2 aromatic carbocycles. The third kappa shape index (κ3) is 5.31. The third-order valence-corrected chi connectivity index (χ3v) is 5.74. The summed E-state index contributed by atoms with van der Waals surface area (Å²) in [7, 11) is 3.04. The molecule has 156 valence electrons. The first-order chi connectivity index (χ1) is 14.5. The number of thiazole rings is 1. The Morgan fingerprint density at radius 2 is 1.83 bits per heavy atom. The number of anilines is 2. The maximum Gasteiger partial charge on any atom is 0.257 e. The van der Waals surface area contributed by atoms with Crippen molar-refractivity contribution in [2.24, 2.45) is 0 Å². The zero-order valence-electron chi connectivity index (χ0n) is 16.7. The molecule has 2 amide bonds. The van der Waals surface area contributed by atoms with Crippen molar-refractivity contribution in [3.63, 3.8) is 0 Å². The topological polar surface area (TPSA) is 89.5 Å². The van der Waals surface area contributed by atoms with Crippen molar-refractivity contribution in [2.75, 3.05) is 31.1 Å². The zero-order valence-corrected chi connectivity index (χ0v) is 18.4. The Bertz CT molecular complexity index is 1050. The lowest BCUT2D eigenvalue weighted by molar-refractivity contribution is -0.115. The van der Waals surface area contributed by atoms with Gasteiger partial charge in [-0.1, -0.05) is 12.1 Å². The molecule has 0 aliphatic carbocycles. The Morgan fingerprint density at radius 1 is 1.07 bits per heavy atom. The highest BCUT2D eigenvalue weighted by molar-refractivity contribution is 7.98. The molecule has 0 saturated carbocycles. The van der Waals surface area contributed by atoms with Gasteiger partial charge < -0.3 is 14.8 Å². The number of para-hydroxylation sites is 1. The molecule has 1 heterocycles. The molecule has 3 aromatic rings. The molecule has 0 fully saturated rings. The summed E-state index contributed by atoms with van der Waals surface area (Å²) in [6.07, 6.45) is 2.07. The number of thioether (sulfide) groups is 1. The number of hydrogen-bond acceptors (Lipinski definition) is 7. The van der Waals surface area contributed by atoms with Gasteiger partial charge in [-0.25, -0.2) is 4.98 Å². The van der Waals surface area contributed by atoms with Gasteiger partial charge in [0.25, 0.3) is 5.91 Å². The van der Waals surface area contributed by atoms with E-state index in [1.807, 2.05) is 30.5 Å². The van der Waals surface area contributed by atoms with Gasteiger partial charge in [-0.3, -0.25) is 14.9 Å². The second-order valence-electron chi connectivity index (χ2n) is 6.09. The fraction of sp³-hybridized carbons (Fsp3) is 0.190. The lowest BCUT2D eigenvalue weighted by Gasteiger charge is -2.09. The summed E-state index contributed by atoms with van der Waals surface area (Å²) >= 11 is 2.83. The van der Waals surface area contributed by atoms with Crippen LogP contribution < -0.4 is 20.1 Å². The number of benzene rings is 2. The van der Waals surface area contributed by atoms with Gasteiger partial charge in [0.1, 0.15) is 0 Å². The number of carbonyl (C=O) groups is 2. The molecule has 0 radical (unpaired) electrons. The molecule has 0 spiro atoms. The van der Waals surface area contributed by atoms with Crippen LogP contribution in [0.5, 0.6) is 11.5 Å². The standard InChI is InChI=1S/C21H21N3O4S2/c1-27-16-9-8-13(10-17(16)28-2)20(26)24-21-22-14(12-30-21)11-19(25)23-15-6-4-5-7-18(15)29-3/h4-10,12H,11H2,1-3H3,(H,23,25)(H,22,24,26). The maximum atomic E-state index is 12.5. The van der Waals surface area contributed by atoms with Crippen LogP contribution in [0.15, 0.2) is 52.7 Å². The third-order valence-electron chi connectivity index (χ3n) is 4.14. The fourth-order valence-electron chi connectivity index (χ4n) is 2.70. The van der Waals surface area contributed by atoms with E-state index in [-0.39, 0.29) is 18.2 Å². The van der Waals surface area contributed by atoms with Gasteiger partial charge in [0, 0.05) is 15.8 Å². The number of rotatable bonds is 8. The molecule has 30 heavy (non-hydrogen) atoms. The average Bonchev–Trinajstić information content (AvgIpc) is 3.19. The van der Waals surface area contributed by atoms with E-state index in [0.29, 0.717) is 27.9 Å². The van der Waals surface area contributed by atoms with Gasteiger partial charge in [0.05, 0.1) is 32.0 Å². The highest BCUT2D eigenvalue weighted by atomic mass is 32.2. The van der Waals surface area contributed by atoms with E-state index >= 15 is 0 Å². The average molecular weight is 444 g/mol. The van der Waals surface area contributed by atoms with E-state index in [9.17, 15) is 9.59 Å². The lowest BCUT2D eigenvalue weighted by atomic mass is 10.2. The van der Waals surface area contributed by atoms with Crippen molar-refractivity contribution < 1.29 is 19.1 Å². The Labute approximate surface area is 182 Å². The number of hydrogen-bond donors (Lipinski definition) is 2. The van der Waals surface area contributed by atoms with E-state index in [1.54, 1.807) is 35.3 Å². The summed E-state index contributed by atoms with van der Waals surface area (Å²) in [4.78, 5) is 30.2. The van der Waals surface area contributed by atoms with Crippen LogP contribution in [0, 0.1) is 0 Å². The number of methoxy groups -OCH3 is 2. The molecule has 9 heteroatoms. The second-order valence-corrected chi connectivity index (χ2v) is 7.80. The highest BCUT2D eigenvalue weighted by Gasteiger charge is 2.14. The SMILES string of the molecule is COc1ccc(C(=O)Nc2nc(CC(=O)Nc3ccccc3SC)cs2)cc1OC. The van der Waals surface area contributed by atoms with Crippen molar-refractivity contribution in [2.45, 2.75) is 11.3 Å². The van der Waals surface area contributed by atoms with Crippen molar-refractivity contribution in [3.8, 4) is 11.5 Å². The molecular formula is C21H21N3O4S2. The molecule has 0 aliphatic rings. The largest absolute Gasteiger partial charge is 0.493 e. The lowest BCUT2D eigenvalue weighted by Crippen LogP contribution is -2.15. The maximum absolute atomic E-state index is 12.5. The summed E-state index contributed by atoms with van der Waals surface area (Å²) < 4.78 is 10.4. The second kappa shape index (κ2) is 10.1. The normalized spacial score (nSPS) is 10.4. The van der Waals surface area contributed by atoms with Gasteiger partial charge in [-0.2, -0.15) is 0 Å². The first kappa shape index (κ1) is 21.7.